The van der Waals surface area contributed by atoms with Gasteiger partial charge in [-0.25, -0.2) is 4.98 Å². The summed E-state index contributed by atoms with van der Waals surface area (Å²) in [5.74, 6) is 1.53. The van der Waals surface area contributed by atoms with Crippen LogP contribution < -0.4 is 10.6 Å². The number of rotatable bonds is 1. The molecule has 2 atom stereocenters. The highest BCUT2D eigenvalue weighted by Gasteiger charge is 2.33. The second-order valence-electron chi connectivity index (χ2n) is 5.39. The molecule has 92 valence electrons. The van der Waals surface area contributed by atoms with Crippen molar-refractivity contribution in [1.29, 1.82) is 0 Å². The number of anilines is 2. The van der Waals surface area contributed by atoms with Crippen molar-refractivity contribution in [3.8, 4) is 0 Å². The van der Waals surface area contributed by atoms with Gasteiger partial charge in [-0.15, -0.1) is 0 Å². The Morgan fingerprint density at radius 1 is 1.12 bits per heavy atom. The van der Waals surface area contributed by atoms with Gasteiger partial charge in [-0.3, -0.25) is 0 Å². The van der Waals surface area contributed by atoms with Crippen molar-refractivity contribution in [2.24, 2.45) is 5.92 Å². The molecule has 0 aromatic carbocycles. The average molecular weight is 231 g/mol. The first-order valence-electron chi connectivity index (χ1n) is 6.83. The predicted octanol–water partition coefficient (Wildman–Crippen LogP) is 2.82. The van der Waals surface area contributed by atoms with Crippen molar-refractivity contribution in [3.63, 3.8) is 0 Å². The molecule has 3 nitrogen and oxygen atoms in total. The van der Waals surface area contributed by atoms with Crippen LogP contribution in [0.5, 0.6) is 0 Å². The fourth-order valence-electron chi connectivity index (χ4n) is 3.51. The second-order valence-corrected chi connectivity index (χ2v) is 5.39. The molecule has 2 heterocycles. The summed E-state index contributed by atoms with van der Waals surface area (Å²) in [6, 6.07) is 4.80. The fourth-order valence-corrected chi connectivity index (χ4v) is 3.51. The van der Waals surface area contributed by atoms with Crippen LogP contribution >= 0.6 is 0 Å². The van der Waals surface area contributed by atoms with Gasteiger partial charge in [0.05, 0.1) is 11.9 Å². The van der Waals surface area contributed by atoms with Crippen LogP contribution in [-0.4, -0.2) is 17.6 Å². The van der Waals surface area contributed by atoms with E-state index in [1.807, 2.05) is 12.3 Å². The second kappa shape index (κ2) is 4.55. The minimum absolute atomic E-state index is 0.617. The summed E-state index contributed by atoms with van der Waals surface area (Å²) in [4.78, 5) is 6.80. The molecule has 2 fully saturated rings. The Balaban J connectivity index is 1.83. The van der Waals surface area contributed by atoms with Crippen molar-refractivity contribution < 1.29 is 0 Å². The van der Waals surface area contributed by atoms with Crippen molar-refractivity contribution >= 4 is 11.5 Å². The van der Waals surface area contributed by atoms with Gasteiger partial charge in [0.2, 0.25) is 0 Å². The molecule has 3 rings (SSSR count). The quantitative estimate of drug-likeness (QED) is 0.808. The van der Waals surface area contributed by atoms with E-state index in [-0.39, 0.29) is 0 Å². The van der Waals surface area contributed by atoms with Gasteiger partial charge in [0, 0.05) is 12.6 Å². The van der Waals surface area contributed by atoms with E-state index in [4.69, 9.17) is 5.73 Å². The Kier molecular flexibility index (Phi) is 2.91. The number of pyridine rings is 1. The van der Waals surface area contributed by atoms with E-state index >= 15 is 0 Å². The van der Waals surface area contributed by atoms with E-state index in [0.717, 1.165) is 12.0 Å². The summed E-state index contributed by atoms with van der Waals surface area (Å²) in [6.45, 7) is 1.19. The molecule has 2 unspecified atom stereocenters. The monoisotopic (exact) mass is 231 g/mol. The van der Waals surface area contributed by atoms with Gasteiger partial charge in [-0.05, 0) is 43.7 Å². The third-order valence-electron chi connectivity index (χ3n) is 4.35. The van der Waals surface area contributed by atoms with Crippen LogP contribution in [0.3, 0.4) is 0 Å². The third-order valence-corrected chi connectivity index (χ3v) is 4.35. The first-order chi connectivity index (χ1) is 8.34. The summed E-state index contributed by atoms with van der Waals surface area (Å²) in [5.41, 5.74) is 6.92. The van der Waals surface area contributed by atoms with Gasteiger partial charge in [0.15, 0.2) is 0 Å². The molecule has 17 heavy (non-hydrogen) atoms. The number of fused-ring (bicyclic) bond motifs is 1. The number of nitrogens with two attached hydrogens (primary N) is 1. The van der Waals surface area contributed by atoms with Gasteiger partial charge in [0.25, 0.3) is 0 Å². The maximum Gasteiger partial charge on any atom is 0.123 e. The maximum atomic E-state index is 5.66. The molecule has 0 radical (unpaired) electrons. The smallest absolute Gasteiger partial charge is 0.123 e. The summed E-state index contributed by atoms with van der Waals surface area (Å²) in [6.07, 6.45) is 10.3. The number of piperidine rings is 1. The molecule has 1 aromatic rings. The molecule has 0 spiro atoms. The molecular weight excluding hydrogens is 210 g/mol. The molecular formula is C14H21N3. The Hall–Kier alpha value is -1.25. The van der Waals surface area contributed by atoms with Crippen LogP contribution in [-0.2, 0) is 0 Å². The zero-order chi connectivity index (χ0) is 11.7. The Bertz CT molecular complexity index is 372. The van der Waals surface area contributed by atoms with Gasteiger partial charge in [-0.1, -0.05) is 12.8 Å². The standard InChI is InChI=1S/C14H21N3/c15-14-8-7-12(10-16-14)17-9-3-5-11-4-1-2-6-13(11)17/h7-8,10-11,13H,1-6,9H2,(H2,15,16). The van der Waals surface area contributed by atoms with E-state index in [2.05, 4.69) is 16.0 Å². The van der Waals surface area contributed by atoms with Crippen LogP contribution in [0.4, 0.5) is 11.5 Å². The number of nitrogen functional groups attached to an aromatic ring is 1. The lowest BCUT2D eigenvalue weighted by Gasteiger charge is -2.45. The lowest BCUT2D eigenvalue weighted by atomic mass is 9.78. The number of hydrogen-bond donors (Lipinski definition) is 1. The molecule has 1 saturated heterocycles. The number of aromatic nitrogens is 1. The highest BCUT2D eigenvalue weighted by Crippen LogP contribution is 2.37. The topological polar surface area (TPSA) is 42.1 Å². The molecule has 1 saturated carbocycles. The summed E-state index contributed by atoms with van der Waals surface area (Å²) in [5, 5.41) is 0. The van der Waals surface area contributed by atoms with Crippen LogP contribution in [0.2, 0.25) is 0 Å². The summed E-state index contributed by atoms with van der Waals surface area (Å²) < 4.78 is 0. The van der Waals surface area contributed by atoms with Crippen LogP contribution in [0.1, 0.15) is 38.5 Å². The molecule has 0 bridgehead atoms. The fraction of sp³-hybridized carbons (Fsp3) is 0.643. The lowest BCUT2D eigenvalue weighted by Crippen LogP contribution is -2.46. The largest absolute Gasteiger partial charge is 0.384 e. The van der Waals surface area contributed by atoms with Crippen molar-refractivity contribution in [1.82, 2.24) is 4.98 Å². The van der Waals surface area contributed by atoms with Gasteiger partial charge >= 0.3 is 0 Å². The first-order valence-corrected chi connectivity index (χ1v) is 6.83. The first kappa shape index (κ1) is 10.9. The van der Waals surface area contributed by atoms with Crippen LogP contribution in [0.15, 0.2) is 18.3 Å². The van der Waals surface area contributed by atoms with E-state index in [1.54, 1.807) is 0 Å². The molecule has 1 aliphatic heterocycles. The van der Waals surface area contributed by atoms with E-state index in [9.17, 15) is 0 Å². The Labute approximate surface area is 103 Å². The van der Waals surface area contributed by atoms with Crippen molar-refractivity contribution in [2.45, 2.75) is 44.6 Å². The minimum Gasteiger partial charge on any atom is -0.384 e. The maximum absolute atomic E-state index is 5.66. The average Bonchev–Trinajstić information content (AvgIpc) is 2.39. The highest BCUT2D eigenvalue weighted by atomic mass is 15.2. The summed E-state index contributed by atoms with van der Waals surface area (Å²) >= 11 is 0. The lowest BCUT2D eigenvalue weighted by molar-refractivity contribution is 0.244. The van der Waals surface area contributed by atoms with Crippen LogP contribution in [0.25, 0.3) is 0 Å². The normalized spacial score (nSPS) is 28.8. The SMILES string of the molecule is Nc1ccc(N2CCCC3CCCCC32)cn1. The van der Waals surface area contributed by atoms with Crippen molar-refractivity contribution in [2.75, 3.05) is 17.2 Å². The third kappa shape index (κ3) is 2.11. The van der Waals surface area contributed by atoms with Gasteiger partial charge in [-0.2, -0.15) is 0 Å². The zero-order valence-electron chi connectivity index (χ0n) is 10.3. The van der Waals surface area contributed by atoms with E-state index < -0.39 is 0 Å². The molecule has 0 amide bonds. The Morgan fingerprint density at radius 3 is 2.76 bits per heavy atom. The Morgan fingerprint density at radius 2 is 1.94 bits per heavy atom. The number of hydrogen-bond acceptors (Lipinski definition) is 3. The van der Waals surface area contributed by atoms with E-state index in [1.165, 1.54) is 50.8 Å². The molecule has 2 N–H and O–H groups in total. The highest BCUT2D eigenvalue weighted by molar-refractivity contribution is 5.49. The van der Waals surface area contributed by atoms with E-state index in [0.29, 0.717) is 5.82 Å². The molecule has 2 aliphatic rings. The molecule has 3 heteroatoms. The minimum atomic E-state index is 0.617. The summed E-state index contributed by atoms with van der Waals surface area (Å²) in [7, 11) is 0. The van der Waals surface area contributed by atoms with Gasteiger partial charge < -0.3 is 10.6 Å². The number of nitrogens with zero attached hydrogens (tertiary/aromatic N) is 2. The molecule has 1 aliphatic carbocycles. The zero-order valence-corrected chi connectivity index (χ0v) is 10.3. The molecule has 1 aromatic heterocycles. The predicted molar refractivity (Wildman–Crippen MR) is 71.0 cm³/mol. The van der Waals surface area contributed by atoms with Crippen molar-refractivity contribution in [3.05, 3.63) is 18.3 Å². The van der Waals surface area contributed by atoms with Crippen LogP contribution in [0, 0.1) is 5.92 Å². The van der Waals surface area contributed by atoms with Gasteiger partial charge in [0.1, 0.15) is 5.82 Å².